The van der Waals surface area contributed by atoms with Crippen LogP contribution >= 0.6 is 0 Å². The molecule has 0 N–H and O–H groups in total. The van der Waals surface area contributed by atoms with Crippen LogP contribution in [0.1, 0.15) is 11.1 Å². The Morgan fingerprint density at radius 2 is 1.77 bits per heavy atom. The van der Waals surface area contributed by atoms with Crippen LogP contribution in [0, 0.1) is 13.0 Å². The van der Waals surface area contributed by atoms with Crippen molar-refractivity contribution < 1.29 is 32.7 Å². The summed E-state index contributed by atoms with van der Waals surface area (Å²) in [4.78, 5) is 16.5. The summed E-state index contributed by atoms with van der Waals surface area (Å²) in [5.74, 6) is 0.227. The molecule has 2 aromatic heterocycles. The van der Waals surface area contributed by atoms with E-state index in [0.717, 1.165) is 10.1 Å². The molecule has 10 heteroatoms. The van der Waals surface area contributed by atoms with Crippen molar-refractivity contribution in [2.75, 3.05) is 0 Å². The average Bonchev–Trinajstić information content (AvgIpc) is 2.37. The molecule has 0 fully saturated rings. The van der Waals surface area contributed by atoms with Crippen molar-refractivity contribution in [1.29, 1.82) is 0 Å². The molecule has 2 heterocycles. The third kappa shape index (κ3) is 3.56. The van der Waals surface area contributed by atoms with E-state index in [1.807, 2.05) is 0 Å². The molecule has 3 nitrogen and oxygen atoms in total. The first-order valence-corrected chi connectivity index (χ1v) is 5.95. The minimum absolute atomic E-state index is 0. The van der Waals surface area contributed by atoms with Gasteiger partial charge in [-0.3, -0.25) is 4.79 Å². The zero-order chi connectivity index (χ0) is 15.9. The van der Waals surface area contributed by atoms with E-state index in [1.165, 1.54) is 12.3 Å². The first-order chi connectivity index (χ1) is 9.64. The van der Waals surface area contributed by atoms with Crippen molar-refractivity contribution >= 4 is 63.6 Å². The summed E-state index contributed by atoms with van der Waals surface area (Å²) in [6, 6.07) is 4.40. The molecular formula is C12H5B6N2OY-. The Kier molecular flexibility index (Phi) is 6.25. The van der Waals surface area contributed by atoms with Crippen LogP contribution in [0.4, 0.5) is 0 Å². The van der Waals surface area contributed by atoms with Crippen LogP contribution in [0.3, 0.4) is 0 Å². The van der Waals surface area contributed by atoms with E-state index in [9.17, 15) is 4.79 Å². The van der Waals surface area contributed by atoms with Crippen LogP contribution in [-0.4, -0.2) is 56.6 Å². The molecule has 0 saturated carbocycles. The summed E-state index contributed by atoms with van der Waals surface area (Å²) in [7, 11) is 34.2. The molecule has 0 unspecified atom stereocenters. The van der Waals surface area contributed by atoms with E-state index in [1.54, 1.807) is 6.92 Å². The van der Waals surface area contributed by atoms with Gasteiger partial charge in [-0.15, -0.1) is 16.7 Å². The molecule has 13 radical (unpaired) electrons. The van der Waals surface area contributed by atoms with Crippen LogP contribution in [0.25, 0.3) is 5.82 Å². The molecule has 22 heavy (non-hydrogen) atoms. The molecule has 0 aromatic carbocycles. The fourth-order valence-corrected chi connectivity index (χ4v) is 1.96. The Labute approximate surface area is 162 Å². The summed E-state index contributed by atoms with van der Waals surface area (Å²) in [5.41, 5.74) is -0.407. The number of pyridine rings is 2. The zero-order valence-corrected chi connectivity index (χ0v) is 14.8. The van der Waals surface area contributed by atoms with E-state index in [0.29, 0.717) is 0 Å². The van der Waals surface area contributed by atoms with Crippen molar-refractivity contribution in [3.8, 4) is 5.82 Å². The molecular weight excluding hydrogens is 342 g/mol. The summed E-state index contributed by atoms with van der Waals surface area (Å²) >= 11 is 0. The average molecular weight is 347 g/mol. The second-order valence-corrected chi connectivity index (χ2v) is 4.75. The predicted octanol–water partition coefficient (Wildman–Crippen LogP) is -3.66. The van der Waals surface area contributed by atoms with Crippen molar-refractivity contribution in [3.63, 3.8) is 0 Å². The number of rotatable bonds is 2. The Morgan fingerprint density at radius 3 is 2.23 bits per heavy atom. The normalized spacial score (nSPS) is 11.0. The van der Waals surface area contributed by atoms with Gasteiger partial charge in [-0.25, -0.2) is 0 Å². The summed E-state index contributed by atoms with van der Waals surface area (Å²) in [5, 5.41) is -1.88. The van der Waals surface area contributed by atoms with Gasteiger partial charge in [-0.2, -0.15) is 6.07 Å². The topological polar surface area (TPSA) is 34.9 Å². The van der Waals surface area contributed by atoms with Gasteiger partial charge in [-0.1, -0.05) is 24.1 Å². The monoisotopic (exact) mass is 348 g/mol. The molecule has 0 amide bonds. The standard InChI is InChI=1S/C12H5B6N2O.Y/c1-5-2-3-6(19-4-5)20-10(15)8(13)7(12(16,17)18)9(14)11(20)21;/h3-4H,1H3;/q-1;. The molecule has 0 atom stereocenters. The number of aromatic nitrogens is 2. The Bertz CT molecular complexity index is 754. The number of nitrogens with zero attached hydrogens (tertiary/aromatic N) is 2. The van der Waals surface area contributed by atoms with Gasteiger partial charge in [0.15, 0.2) is 0 Å². The summed E-state index contributed by atoms with van der Waals surface area (Å²) in [6.07, 6.45) is 1.53. The van der Waals surface area contributed by atoms with Gasteiger partial charge in [0.1, 0.15) is 23.5 Å². The van der Waals surface area contributed by atoms with Gasteiger partial charge in [0.05, 0.1) is 23.5 Å². The van der Waals surface area contributed by atoms with Gasteiger partial charge in [0, 0.05) is 38.5 Å². The van der Waals surface area contributed by atoms with E-state index < -0.39 is 10.7 Å². The minimum atomic E-state index is -1.88. The summed E-state index contributed by atoms with van der Waals surface area (Å²) in [6.45, 7) is 1.81. The number of hydrogen-bond acceptors (Lipinski definition) is 2. The molecule has 0 aliphatic heterocycles. The van der Waals surface area contributed by atoms with Gasteiger partial charge in [0.25, 0.3) is 0 Å². The fraction of sp³-hybridized carbons (Fsp3) is 0.167. The SMILES string of the molecule is [B]c1c(C([B])([B])[B])c([B])c(=O)n(-c2c[c-]c(C)cn2)c1[B].[Y]. The largest absolute Gasteiger partial charge is 0.367 e. The van der Waals surface area contributed by atoms with Crippen LogP contribution in [-0.2, 0) is 37.8 Å². The first kappa shape index (κ1) is 19.6. The van der Waals surface area contributed by atoms with Crippen LogP contribution in [0.5, 0.6) is 0 Å². The zero-order valence-electron chi connectivity index (χ0n) is 12.0. The second-order valence-electron chi connectivity index (χ2n) is 4.75. The Hall–Kier alpha value is -0.406. The Morgan fingerprint density at radius 1 is 1.18 bits per heavy atom. The van der Waals surface area contributed by atoms with Crippen LogP contribution in [0.2, 0.25) is 0 Å². The minimum Gasteiger partial charge on any atom is -0.367 e. The van der Waals surface area contributed by atoms with Gasteiger partial charge in [-0.05, 0) is 11.1 Å². The van der Waals surface area contributed by atoms with Crippen molar-refractivity contribution in [3.05, 3.63) is 39.8 Å². The van der Waals surface area contributed by atoms with E-state index in [-0.39, 0.29) is 60.6 Å². The fourth-order valence-electron chi connectivity index (χ4n) is 1.96. The molecule has 2 rings (SSSR count). The van der Waals surface area contributed by atoms with E-state index in [4.69, 9.17) is 47.1 Å². The van der Waals surface area contributed by atoms with Crippen molar-refractivity contribution in [1.82, 2.24) is 9.55 Å². The third-order valence-corrected chi connectivity index (χ3v) is 2.97. The Balaban J connectivity index is 0.00000242. The number of aryl methyl sites for hydroxylation is 1. The molecule has 0 bridgehead atoms. The maximum absolute atomic E-state index is 12.4. The van der Waals surface area contributed by atoms with Gasteiger partial charge in [0.2, 0.25) is 5.56 Å². The van der Waals surface area contributed by atoms with Crippen molar-refractivity contribution in [2.45, 2.75) is 12.0 Å². The van der Waals surface area contributed by atoms with Crippen LogP contribution in [0.15, 0.2) is 17.1 Å². The van der Waals surface area contributed by atoms with E-state index >= 15 is 0 Å². The number of hydrogen-bond donors (Lipinski definition) is 0. The smallest absolute Gasteiger partial charge is 0.237 e. The third-order valence-electron chi connectivity index (χ3n) is 2.97. The van der Waals surface area contributed by atoms with Gasteiger partial charge >= 0.3 is 0 Å². The maximum Gasteiger partial charge on any atom is 0.237 e. The second kappa shape index (κ2) is 7.01. The van der Waals surface area contributed by atoms with E-state index in [2.05, 4.69) is 11.1 Å². The molecule has 0 aliphatic rings. The molecule has 0 spiro atoms. The predicted molar refractivity (Wildman–Crippen MR) is 88.5 cm³/mol. The first-order valence-electron chi connectivity index (χ1n) is 5.95. The molecule has 0 aliphatic carbocycles. The molecule has 0 saturated heterocycles. The van der Waals surface area contributed by atoms with Gasteiger partial charge < -0.3 is 9.55 Å². The summed E-state index contributed by atoms with van der Waals surface area (Å²) < 4.78 is 1.05. The molecule has 91 valence electrons. The van der Waals surface area contributed by atoms with Crippen LogP contribution < -0.4 is 22.1 Å². The molecule has 2 aromatic rings. The quantitative estimate of drug-likeness (QED) is 0.415. The van der Waals surface area contributed by atoms with Crippen molar-refractivity contribution in [2.24, 2.45) is 0 Å². The maximum atomic E-state index is 12.4.